The van der Waals surface area contributed by atoms with Crippen molar-refractivity contribution in [3.8, 4) is 0 Å². The predicted octanol–water partition coefficient (Wildman–Crippen LogP) is 3.60. The molecule has 114 valence electrons. The Morgan fingerprint density at radius 2 is 2.00 bits per heavy atom. The first-order valence-electron chi connectivity index (χ1n) is 8.77. The Labute approximate surface area is 128 Å². The lowest BCUT2D eigenvalue weighted by Crippen LogP contribution is -2.61. The molecule has 4 atom stereocenters. The van der Waals surface area contributed by atoms with Gasteiger partial charge in [0, 0.05) is 30.7 Å². The van der Waals surface area contributed by atoms with Gasteiger partial charge < -0.3 is 5.32 Å². The minimum Gasteiger partial charge on any atom is -0.308 e. The van der Waals surface area contributed by atoms with Crippen molar-refractivity contribution < 1.29 is 0 Å². The molecule has 2 saturated carbocycles. The van der Waals surface area contributed by atoms with Gasteiger partial charge in [0.15, 0.2) is 0 Å². The summed E-state index contributed by atoms with van der Waals surface area (Å²) in [7, 11) is 0. The molecule has 2 heteroatoms. The van der Waals surface area contributed by atoms with Crippen molar-refractivity contribution in [1.82, 2.24) is 10.2 Å². The molecule has 2 nitrogen and oxygen atoms in total. The van der Waals surface area contributed by atoms with Crippen molar-refractivity contribution in [3.63, 3.8) is 0 Å². The van der Waals surface area contributed by atoms with Crippen molar-refractivity contribution in [2.75, 3.05) is 13.1 Å². The average Bonchev–Trinajstić information content (AvgIpc) is 3.41. The van der Waals surface area contributed by atoms with E-state index < -0.39 is 0 Å². The summed E-state index contributed by atoms with van der Waals surface area (Å²) < 4.78 is 0. The van der Waals surface area contributed by atoms with Crippen LogP contribution in [0.3, 0.4) is 0 Å². The van der Waals surface area contributed by atoms with Crippen LogP contribution in [0.15, 0.2) is 30.3 Å². The van der Waals surface area contributed by atoms with Crippen molar-refractivity contribution in [2.45, 2.75) is 57.2 Å². The molecule has 3 aliphatic rings. The van der Waals surface area contributed by atoms with E-state index >= 15 is 0 Å². The second-order valence-corrected chi connectivity index (χ2v) is 7.64. The largest absolute Gasteiger partial charge is 0.308 e. The molecule has 1 heterocycles. The van der Waals surface area contributed by atoms with Gasteiger partial charge in [0.2, 0.25) is 0 Å². The van der Waals surface area contributed by atoms with Crippen molar-refractivity contribution in [1.29, 1.82) is 0 Å². The van der Waals surface area contributed by atoms with Gasteiger partial charge in [0.05, 0.1) is 0 Å². The Morgan fingerprint density at radius 3 is 2.62 bits per heavy atom. The van der Waals surface area contributed by atoms with E-state index in [1.165, 1.54) is 37.8 Å². The van der Waals surface area contributed by atoms with Gasteiger partial charge >= 0.3 is 0 Å². The van der Waals surface area contributed by atoms with Crippen LogP contribution in [-0.4, -0.2) is 29.6 Å². The van der Waals surface area contributed by atoms with Gasteiger partial charge in [-0.1, -0.05) is 43.7 Å². The maximum Gasteiger partial charge on any atom is 0.0476 e. The Bertz CT molecular complexity index is 496. The first-order chi connectivity index (χ1) is 10.2. The molecule has 1 N–H and O–H groups in total. The summed E-state index contributed by atoms with van der Waals surface area (Å²) in [6, 6.07) is 12.5. The highest BCUT2D eigenvalue weighted by Gasteiger charge is 2.51. The van der Waals surface area contributed by atoms with E-state index in [0.717, 1.165) is 24.4 Å². The van der Waals surface area contributed by atoms with Crippen LogP contribution in [-0.2, 0) is 0 Å². The molecule has 4 rings (SSSR count). The van der Waals surface area contributed by atoms with Crippen LogP contribution in [0.5, 0.6) is 0 Å². The third-order valence-electron chi connectivity index (χ3n) is 6.11. The Balaban J connectivity index is 1.58. The fourth-order valence-electron chi connectivity index (χ4n) is 4.40. The van der Waals surface area contributed by atoms with E-state index in [1.54, 1.807) is 0 Å². The smallest absolute Gasteiger partial charge is 0.0476 e. The quantitative estimate of drug-likeness (QED) is 0.909. The SMILES string of the molecule is CCC1CC1N1CC(C)(C2CC2)NCC1c1ccccc1. The molecule has 1 aromatic rings. The summed E-state index contributed by atoms with van der Waals surface area (Å²) in [5.41, 5.74) is 1.84. The zero-order valence-electron chi connectivity index (χ0n) is 13.4. The first kappa shape index (κ1) is 13.8. The van der Waals surface area contributed by atoms with Gasteiger partial charge in [-0.15, -0.1) is 0 Å². The molecule has 0 radical (unpaired) electrons. The highest BCUT2D eigenvalue weighted by molar-refractivity contribution is 5.23. The zero-order chi connectivity index (χ0) is 14.4. The van der Waals surface area contributed by atoms with E-state index in [-0.39, 0.29) is 0 Å². The Hall–Kier alpha value is -0.860. The van der Waals surface area contributed by atoms with Gasteiger partial charge in [-0.2, -0.15) is 0 Å². The highest BCUT2D eigenvalue weighted by Crippen LogP contribution is 2.48. The summed E-state index contributed by atoms with van der Waals surface area (Å²) >= 11 is 0. The fourth-order valence-corrected chi connectivity index (χ4v) is 4.40. The molecular formula is C19H28N2. The van der Waals surface area contributed by atoms with Crippen LogP contribution in [0.2, 0.25) is 0 Å². The molecular weight excluding hydrogens is 256 g/mol. The van der Waals surface area contributed by atoms with Gasteiger partial charge in [-0.3, -0.25) is 4.90 Å². The van der Waals surface area contributed by atoms with Crippen molar-refractivity contribution in [2.24, 2.45) is 11.8 Å². The molecule has 0 amide bonds. The highest BCUT2D eigenvalue weighted by atomic mass is 15.3. The van der Waals surface area contributed by atoms with Crippen LogP contribution in [0.25, 0.3) is 0 Å². The normalized spacial score (nSPS) is 40.2. The van der Waals surface area contributed by atoms with E-state index in [9.17, 15) is 0 Å². The lowest BCUT2D eigenvalue weighted by atomic mass is 9.89. The van der Waals surface area contributed by atoms with Crippen LogP contribution in [0.1, 0.15) is 51.1 Å². The van der Waals surface area contributed by atoms with Crippen LogP contribution in [0, 0.1) is 11.8 Å². The second kappa shape index (κ2) is 5.10. The monoisotopic (exact) mass is 284 g/mol. The molecule has 0 spiro atoms. The maximum atomic E-state index is 3.91. The van der Waals surface area contributed by atoms with E-state index in [1.807, 2.05) is 0 Å². The molecule has 1 saturated heterocycles. The molecule has 21 heavy (non-hydrogen) atoms. The van der Waals surface area contributed by atoms with Crippen molar-refractivity contribution >= 4 is 0 Å². The number of piperazine rings is 1. The van der Waals surface area contributed by atoms with Gasteiger partial charge in [-0.25, -0.2) is 0 Å². The second-order valence-electron chi connectivity index (χ2n) is 7.64. The average molecular weight is 284 g/mol. The summed E-state index contributed by atoms with van der Waals surface area (Å²) in [4.78, 5) is 2.85. The lowest BCUT2D eigenvalue weighted by molar-refractivity contribution is 0.0630. The number of rotatable bonds is 4. The summed E-state index contributed by atoms with van der Waals surface area (Å²) in [5, 5.41) is 3.91. The summed E-state index contributed by atoms with van der Waals surface area (Å²) in [6.07, 6.45) is 5.61. The molecule has 0 aromatic heterocycles. The summed E-state index contributed by atoms with van der Waals surface area (Å²) in [5.74, 6) is 1.85. The van der Waals surface area contributed by atoms with E-state index in [4.69, 9.17) is 0 Å². The summed E-state index contributed by atoms with van der Waals surface area (Å²) in [6.45, 7) is 7.16. The number of benzene rings is 1. The number of nitrogens with one attached hydrogen (secondary N) is 1. The third-order valence-corrected chi connectivity index (χ3v) is 6.11. The van der Waals surface area contributed by atoms with E-state index in [0.29, 0.717) is 11.6 Å². The first-order valence-corrected chi connectivity index (χ1v) is 8.77. The molecule has 1 aliphatic heterocycles. The molecule has 3 fully saturated rings. The van der Waals surface area contributed by atoms with Gasteiger partial charge in [0.1, 0.15) is 0 Å². The zero-order valence-corrected chi connectivity index (χ0v) is 13.4. The fraction of sp³-hybridized carbons (Fsp3) is 0.684. The minimum atomic E-state index is 0.353. The number of hydrogen-bond acceptors (Lipinski definition) is 2. The Kier molecular flexibility index (Phi) is 3.35. The lowest BCUT2D eigenvalue weighted by Gasteiger charge is -2.47. The number of nitrogens with zero attached hydrogens (tertiary/aromatic N) is 1. The van der Waals surface area contributed by atoms with Crippen LogP contribution < -0.4 is 5.32 Å². The van der Waals surface area contributed by atoms with Gasteiger partial charge in [-0.05, 0) is 43.6 Å². The van der Waals surface area contributed by atoms with Crippen LogP contribution in [0.4, 0.5) is 0 Å². The minimum absolute atomic E-state index is 0.353. The predicted molar refractivity (Wildman–Crippen MR) is 87.2 cm³/mol. The molecule has 4 unspecified atom stereocenters. The molecule has 2 aliphatic carbocycles. The Morgan fingerprint density at radius 1 is 1.24 bits per heavy atom. The third kappa shape index (κ3) is 2.53. The van der Waals surface area contributed by atoms with Crippen LogP contribution >= 0.6 is 0 Å². The number of hydrogen-bond donors (Lipinski definition) is 1. The van der Waals surface area contributed by atoms with E-state index in [2.05, 4.69) is 54.4 Å². The molecule has 1 aromatic carbocycles. The standard InChI is InChI=1S/C19H28N2/c1-3-14-11-17(14)21-13-19(2,16-9-10-16)20-12-18(21)15-7-5-4-6-8-15/h4-8,14,16-18,20H,3,9-13H2,1-2H3. The maximum absolute atomic E-state index is 3.91. The molecule has 0 bridgehead atoms. The van der Waals surface area contributed by atoms with Gasteiger partial charge in [0.25, 0.3) is 0 Å². The van der Waals surface area contributed by atoms with Crippen molar-refractivity contribution in [3.05, 3.63) is 35.9 Å². The topological polar surface area (TPSA) is 15.3 Å².